The Labute approximate surface area is 181 Å². The van der Waals surface area contributed by atoms with Gasteiger partial charge in [0.05, 0.1) is 25.8 Å². The van der Waals surface area contributed by atoms with E-state index in [9.17, 15) is 4.79 Å². The van der Waals surface area contributed by atoms with Crippen molar-refractivity contribution < 1.29 is 9.53 Å². The second-order valence-electron chi connectivity index (χ2n) is 10.6. The van der Waals surface area contributed by atoms with Gasteiger partial charge < -0.3 is 10.1 Å². The van der Waals surface area contributed by atoms with Crippen molar-refractivity contribution in [2.45, 2.75) is 69.7 Å². The Morgan fingerprint density at radius 1 is 1.07 bits per heavy atom. The van der Waals surface area contributed by atoms with Crippen LogP contribution in [0.4, 0.5) is 0 Å². The lowest BCUT2D eigenvalue weighted by molar-refractivity contribution is -0.124. The summed E-state index contributed by atoms with van der Waals surface area (Å²) in [6, 6.07) is 9.54. The number of nitrogens with zero attached hydrogens (tertiary/aromatic N) is 1. The molecule has 4 heteroatoms. The summed E-state index contributed by atoms with van der Waals surface area (Å²) >= 11 is 0. The molecule has 1 aliphatic heterocycles. The number of carbonyl (C=O) groups is 1. The first-order valence-electron chi connectivity index (χ1n) is 12.3. The average Bonchev–Trinajstić information content (AvgIpc) is 2.73. The molecule has 0 radical (unpaired) electrons. The van der Waals surface area contributed by atoms with E-state index in [4.69, 9.17) is 4.74 Å². The zero-order chi connectivity index (χ0) is 20.6. The summed E-state index contributed by atoms with van der Waals surface area (Å²) in [6.45, 7) is 5.85. The number of rotatable bonds is 7. The first kappa shape index (κ1) is 20.5. The molecular formula is C26H38N2O2. The summed E-state index contributed by atoms with van der Waals surface area (Å²) in [5, 5.41) is 3.31. The molecule has 0 aromatic heterocycles. The van der Waals surface area contributed by atoms with Crippen LogP contribution in [0.2, 0.25) is 0 Å². The second kappa shape index (κ2) is 8.63. The van der Waals surface area contributed by atoms with Crippen LogP contribution < -0.4 is 5.32 Å². The van der Waals surface area contributed by atoms with E-state index in [1.165, 1.54) is 44.1 Å². The molecule has 6 rings (SSSR count). The van der Waals surface area contributed by atoms with Gasteiger partial charge in [0.15, 0.2) is 0 Å². The SMILES string of the molecule is CCC[C@H](NC(=O)CN1CCOCC1)c1ccc(C23CC4CC(CC(C4)C2)C3)cc1. The molecule has 1 aromatic carbocycles. The summed E-state index contributed by atoms with van der Waals surface area (Å²) < 4.78 is 5.40. The Bertz CT molecular complexity index is 703. The highest BCUT2D eigenvalue weighted by Crippen LogP contribution is 2.60. The molecule has 4 nitrogen and oxygen atoms in total. The minimum absolute atomic E-state index is 0.119. The molecule has 5 fully saturated rings. The largest absolute Gasteiger partial charge is 0.379 e. The van der Waals surface area contributed by atoms with E-state index in [0.29, 0.717) is 12.0 Å². The van der Waals surface area contributed by atoms with Gasteiger partial charge in [0.2, 0.25) is 5.91 Å². The third kappa shape index (κ3) is 4.18. The van der Waals surface area contributed by atoms with Crippen molar-refractivity contribution in [3.05, 3.63) is 35.4 Å². The van der Waals surface area contributed by atoms with E-state index in [1.807, 2.05) is 0 Å². The molecule has 5 aliphatic rings. The van der Waals surface area contributed by atoms with Crippen LogP contribution in [-0.2, 0) is 14.9 Å². The number of hydrogen-bond acceptors (Lipinski definition) is 3. The average molecular weight is 411 g/mol. The zero-order valence-corrected chi connectivity index (χ0v) is 18.6. The van der Waals surface area contributed by atoms with E-state index < -0.39 is 0 Å². The standard InChI is InChI=1S/C26H38N2O2/c1-2-3-24(27-25(29)18-28-8-10-30-11-9-28)22-4-6-23(7-5-22)26-15-19-12-20(16-26)14-21(13-19)17-26/h4-7,19-21,24H,2-3,8-18H2,1H3,(H,27,29)/t19?,20?,21?,24-,26?/m0/s1. The topological polar surface area (TPSA) is 41.6 Å². The van der Waals surface area contributed by atoms with E-state index in [-0.39, 0.29) is 11.9 Å². The predicted octanol–water partition coefficient (Wildman–Crippen LogP) is 4.44. The Kier molecular flexibility index (Phi) is 5.90. The van der Waals surface area contributed by atoms with Crippen LogP contribution in [0.25, 0.3) is 0 Å². The highest BCUT2D eigenvalue weighted by molar-refractivity contribution is 5.78. The minimum atomic E-state index is 0.119. The maximum atomic E-state index is 12.7. The summed E-state index contributed by atoms with van der Waals surface area (Å²) in [4.78, 5) is 14.9. The van der Waals surface area contributed by atoms with Crippen molar-refractivity contribution >= 4 is 5.91 Å². The molecule has 4 aliphatic carbocycles. The van der Waals surface area contributed by atoms with Gasteiger partial charge in [-0.05, 0) is 79.2 Å². The molecule has 1 heterocycles. The Balaban J connectivity index is 1.26. The molecule has 4 saturated carbocycles. The van der Waals surface area contributed by atoms with Crippen molar-refractivity contribution in [3.63, 3.8) is 0 Å². The van der Waals surface area contributed by atoms with Gasteiger partial charge in [-0.15, -0.1) is 0 Å². The number of amides is 1. The number of morpholine rings is 1. The van der Waals surface area contributed by atoms with Crippen LogP contribution in [-0.4, -0.2) is 43.7 Å². The third-order valence-corrected chi connectivity index (χ3v) is 8.35. The Morgan fingerprint density at radius 3 is 2.23 bits per heavy atom. The Hall–Kier alpha value is -1.39. The van der Waals surface area contributed by atoms with Crippen molar-refractivity contribution in [2.75, 3.05) is 32.8 Å². The zero-order valence-electron chi connectivity index (χ0n) is 18.6. The monoisotopic (exact) mass is 410 g/mol. The normalized spacial score (nSPS) is 34.1. The fraction of sp³-hybridized carbons (Fsp3) is 0.731. The predicted molar refractivity (Wildman–Crippen MR) is 119 cm³/mol. The fourth-order valence-corrected chi connectivity index (χ4v) is 7.35. The Morgan fingerprint density at radius 2 is 1.67 bits per heavy atom. The maximum absolute atomic E-state index is 12.7. The van der Waals surface area contributed by atoms with E-state index in [1.54, 1.807) is 5.56 Å². The van der Waals surface area contributed by atoms with Gasteiger partial charge >= 0.3 is 0 Å². The van der Waals surface area contributed by atoms with Crippen LogP contribution in [0, 0.1) is 17.8 Å². The lowest BCUT2D eigenvalue weighted by Gasteiger charge is -2.57. The van der Waals surface area contributed by atoms with Crippen LogP contribution in [0.15, 0.2) is 24.3 Å². The lowest BCUT2D eigenvalue weighted by Crippen LogP contribution is -2.48. The number of hydrogen-bond donors (Lipinski definition) is 1. The van der Waals surface area contributed by atoms with Gasteiger partial charge in [-0.3, -0.25) is 9.69 Å². The number of benzene rings is 1. The van der Waals surface area contributed by atoms with Crippen LogP contribution in [0.1, 0.15) is 75.5 Å². The van der Waals surface area contributed by atoms with E-state index >= 15 is 0 Å². The number of ether oxygens (including phenoxy) is 1. The van der Waals surface area contributed by atoms with Gasteiger partial charge in [-0.2, -0.15) is 0 Å². The van der Waals surface area contributed by atoms with Gasteiger partial charge in [0.25, 0.3) is 0 Å². The second-order valence-corrected chi connectivity index (χ2v) is 10.6. The van der Waals surface area contributed by atoms with Gasteiger partial charge in [-0.1, -0.05) is 37.6 Å². The summed E-state index contributed by atoms with van der Waals surface area (Å²) in [7, 11) is 0. The fourth-order valence-electron chi connectivity index (χ4n) is 7.35. The molecular weight excluding hydrogens is 372 g/mol. The molecule has 0 unspecified atom stereocenters. The molecule has 4 bridgehead atoms. The summed E-state index contributed by atoms with van der Waals surface area (Å²) in [6.07, 6.45) is 10.8. The van der Waals surface area contributed by atoms with Crippen molar-refractivity contribution in [3.8, 4) is 0 Å². The highest BCUT2D eigenvalue weighted by Gasteiger charge is 2.51. The van der Waals surface area contributed by atoms with Crippen molar-refractivity contribution in [1.82, 2.24) is 10.2 Å². The van der Waals surface area contributed by atoms with Crippen molar-refractivity contribution in [1.29, 1.82) is 0 Å². The smallest absolute Gasteiger partial charge is 0.234 e. The van der Waals surface area contributed by atoms with Gasteiger partial charge in [-0.25, -0.2) is 0 Å². The third-order valence-electron chi connectivity index (χ3n) is 8.35. The van der Waals surface area contributed by atoms with Gasteiger partial charge in [0.1, 0.15) is 0 Å². The molecule has 30 heavy (non-hydrogen) atoms. The molecule has 1 atom stereocenters. The molecule has 1 N–H and O–H groups in total. The first-order chi connectivity index (χ1) is 14.6. The highest BCUT2D eigenvalue weighted by atomic mass is 16.5. The summed E-state index contributed by atoms with van der Waals surface area (Å²) in [5.41, 5.74) is 3.29. The molecule has 1 saturated heterocycles. The van der Waals surface area contributed by atoms with Crippen molar-refractivity contribution in [2.24, 2.45) is 17.8 Å². The quantitative estimate of drug-likeness (QED) is 0.722. The van der Waals surface area contributed by atoms with Gasteiger partial charge in [0, 0.05) is 13.1 Å². The van der Waals surface area contributed by atoms with Crippen LogP contribution >= 0.6 is 0 Å². The maximum Gasteiger partial charge on any atom is 0.234 e. The molecule has 0 spiro atoms. The molecule has 164 valence electrons. The molecule has 1 aromatic rings. The van der Waals surface area contributed by atoms with E-state index in [2.05, 4.69) is 41.4 Å². The minimum Gasteiger partial charge on any atom is -0.379 e. The first-order valence-corrected chi connectivity index (χ1v) is 12.3. The van der Waals surface area contributed by atoms with E-state index in [0.717, 1.165) is 56.9 Å². The van der Waals surface area contributed by atoms with Crippen LogP contribution in [0.5, 0.6) is 0 Å². The summed E-state index contributed by atoms with van der Waals surface area (Å²) in [5.74, 6) is 3.07. The molecule has 1 amide bonds. The number of carbonyl (C=O) groups excluding carboxylic acids is 1. The lowest BCUT2D eigenvalue weighted by atomic mass is 9.48. The van der Waals surface area contributed by atoms with Crippen LogP contribution in [0.3, 0.4) is 0 Å². The number of nitrogens with one attached hydrogen (secondary N) is 1.